The predicted molar refractivity (Wildman–Crippen MR) is 243 cm³/mol. The number of hydrogen-bond acceptors (Lipinski definition) is 4. The maximum Gasteiger partial charge on any atom is 0.152 e. The van der Waals surface area contributed by atoms with E-state index in [0.717, 1.165) is 83.1 Å². The summed E-state index contributed by atoms with van der Waals surface area (Å²) in [6, 6.07) is 54.1. The molecular weight excluding hydrogens is 918 g/mol. The van der Waals surface area contributed by atoms with Crippen LogP contribution in [-0.2, 0) is 31.9 Å². The Morgan fingerprint density at radius 1 is 0.600 bits per heavy atom. The first kappa shape index (κ1) is 39.2. The third-order valence-electron chi connectivity index (χ3n) is 11.6. The Morgan fingerprint density at radius 3 is 2.10 bits per heavy atom. The molecule has 0 amide bonds. The molecule has 0 aliphatic heterocycles. The molecule has 0 radical (unpaired) electrons. The molecule has 0 aliphatic rings. The molecule has 0 aliphatic carbocycles. The van der Waals surface area contributed by atoms with Crippen molar-refractivity contribution in [3.8, 4) is 56.3 Å². The van der Waals surface area contributed by atoms with Crippen LogP contribution in [0.4, 0.5) is 0 Å². The Kier molecular flexibility index (Phi) is 9.64. The van der Waals surface area contributed by atoms with Gasteiger partial charge in [0.2, 0.25) is 0 Å². The molecule has 3 aromatic heterocycles. The van der Waals surface area contributed by atoms with E-state index in [1.165, 1.54) is 10.9 Å². The Labute approximate surface area is 364 Å². The normalized spacial score (nSPS) is 12.1. The minimum Gasteiger partial charge on any atom is -0.507 e. The predicted octanol–water partition coefficient (Wildman–Crippen LogP) is 14.2. The van der Waals surface area contributed by atoms with E-state index in [9.17, 15) is 5.11 Å². The second-order valence-corrected chi connectivity index (χ2v) is 17.6. The molecule has 298 valence electrons. The number of phenols is 1. The minimum atomic E-state index is -0.172. The SMILES string of the molecule is CC(C)(C)c1cc(-c2cc3c(cn2)oc2ccc4ccccc4c23)[c-]c(-c2cccc3c2nc(-c2ccccc2O)n3-c2ccc(C(C)(C)C)cc2-c2ccccc2)c1.[Pt]. The van der Waals surface area contributed by atoms with Crippen LogP contribution in [0.25, 0.3) is 94.3 Å². The molecule has 10 rings (SSSR count). The zero-order valence-corrected chi connectivity index (χ0v) is 36.7. The summed E-state index contributed by atoms with van der Waals surface area (Å²) in [4.78, 5) is 10.4. The van der Waals surface area contributed by atoms with E-state index >= 15 is 0 Å². The summed E-state index contributed by atoms with van der Waals surface area (Å²) in [5.74, 6) is 0.826. The molecule has 0 fully saturated rings. The maximum absolute atomic E-state index is 11.4. The van der Waals surface area contributed by atoms with E-state index in [4.69, 9.17) is 14.4 Å². The van der Waals surface area contributed by atoms with Gasteiger partial charge in [-0.25, -0.2) is 4.98 Å². The van der Waals surface area contributed by atoms with E-state index in [1.54, 1.807) is 6.07 Å². The molecule has 0 atom stereocenters. The Morgan fingerprint density at radius 2 is 1.32 bits per heavy atom. The number of fused-ring (bicyclic) bond motifs is 6. The van der Waals surface area contributed by atoms with Crippen LogP contribution in [0.5, 0.6) is 5.75 Å². The molecule has 0 bridgehead atoms. The van der Waals surface area contributed by atoms with E-state index in [0.29, 0.717) is 11.4 Å². The number of para-hydroxylation sites is 2. The van der Waals surface area contributed by atoms with E-state index in [2.05, 4.69) is 161 Å². The van der Waals surface area contributed by atoms with Crippen molar-refractivity contribution in [1.29, 1.82) is 0 Å². The molecule has 0 unspecified atom stereocenters. The van der Waals surface area contributed by atoms with Crippen molar-refractivity contribution in [2.45, 2.75) is 52.4 Å². The first-order chi connectivity index (χ1) is 28.4. The number of benzene rings is 7. The molecule has 5 nitrogen and oxygen atoms in total. The van der Waals surface area contributed by atoms with E-state index in [1.807, 2.05) is 36.5 Å². The number of aromatic nitrogens is 3. The van der Waals surface area contributed by atoms with Gasteiger partial charge in [0, 0.05) is 43.1 Å². The van der Waals surface area contributed by atoms with Crippen molar-refractivity contribution in [1.82, 2.24) is 14.5 Å². The molecule has 0 saturated carbocycles. The summed E-state index contributed by atoms with van der Waals surface area (Å²) in [6.07, 6.45) is 1.84. The van der Waals surface area contributed by atoms with Crippen LogP contribution < -0.4 is 0 Å². The molecule has 60 heavy (non-hydrogen) atoms. The third kappa shape index (κ3) is 6.72. The average Bonchev–Trinajstić information content (AvgIpc) is 3.82. The number of pyridine rings is 1. The van der Waals surface area contributed by atoms with Crippen molar-refractivity contribution in [2.75, 3.05) is 0 Å². The van der Waals surface area contributed by atoms with Gasteiger partial charge in [-0.05, 0) is 69.1 Å². The standard InChI is InChI=1S/C54H44N3O2.Pt/c1-53(2,3)37-24-25-45(42(30-37)33-15-8-7-9-16-33)57-46-21-14-20-40(51(46)56-52(57)41-19-12-13-22-47(41)58)35-27-36(29-38(28-35)54(4,5)6)44-31-43-49(32-55-44)59-48-26-23-34-17-10-11-18-39(34)50(43)48;/h7-26,28-32,58H,1-6H3;/q-1;. The summed E-state index contributed by atoms with van der Waals surface area (Å²) in [5, 5.41) is 15.8. The Hall–Kier alpha value is -6.29. The maximum atomic E-state index is 11.4. The van der Waals surface area contributed by atoms with Gasteiger partial charge in [0.25, 0.3) is 0 Å². The third-order valence-corrected chi connectivity index (χ3v) is 11.6. The van der Waals surface area contributed by atoms with Gasteiger partial charge in [0.05, 0.1) is 28.5 Å². The fourth-order valence-electron chi connectivity index (χ4n) is 8.34. The largest absolute Gasteiger partial charge is 0.507 e. The molecule has 0 saturated heterocycles. The molecule has 7 aromatic carbocycles. The number of hydrogen-bond donors (Lipinski definition) is 1. The van der Waals surface area contributed by atoms with Crippen LogP contribution in [0.3, 0.4) is 0 Å². The fraction of sp³-hybridized carbons (Fsp3) is 0.148. The first-order valence-electron chi connectivity index (χ1n) is 20.2. The van der Waals surface area contributed by atoms with Gasteiger partial charge >= 0.3 is 0 Å². The molecule has 1 N–H and O–H groups in total. The molecule has 3 heterocycles. The zero-order valence-electron chi connectivity index (χ0n) is 34.4. The van der Waals surface area contributed by atoms with Gasteiger partial charge in [0.15, 0.2) is 5.58 Å². The number of imidazole rings is 1. The topological polar surface area (TPSA) is 64.1 Å². The Balaban J connectivity index is 0.00000462. The quantitative estimate of drug-likeness (QED) is 0.175. The summed E-state index contributed by atoms with van der Waals surface area (Å²) >= 11 is 0. The van der Waals surface area contributed by atoms with Crippen molar-refractivity contribution in [3.05, 3.63) is 169 Å². The Bertz CT molecular complexity index is 3250. The van der Waals surface area contributed by atoms with Gasteiger partial charge in [-0.3, -0.25) is 9.55 Å². The molecule has 6 heteroatoms. The van der Waals surface area contributed by atoms with Crippen LogP contribution in [0.2, 0.25) is 0 Å². The van der Waals surface area contributed by atoms with Gasteiger partial charge in [-0.15, -0.1) is 29.3 Å². The molecular formula is C54H44N3O2Pt-. The second-order valence-electron chi connectivity index (χ2n) is 17.6. The van der Waals surface area contributed by atoms with Crippen molar-refractivity contribution in [3.63, 3.8) is 0 Å². The van der Waals surface area contributed by atoms with Crippen LogP contribution in [0, 0.1) is 6.07 Å². The monoisotopic (exact) mass is 961 g/mol. The van der Waals surface area contributed by atoms with Crippen molar-refractivity contribution in [2.24, 2.45) is 0 Å². The van der Waals surface area contributed by atoms with Crippen molar-refractivity contribution < 1.29 is 30.6 Å². The van der Waals surface area contributed by atoms with Gasteiger partial charge in [0.1, 0.15) is 17.2 Å². The average molecular weight is 962 g/mol. The number of phenolic OH excluding ortho intramolecular Hbond substituents is 1. The van der Waals surface area contributed by atoms with Crippen LogP contribution in [0.1, 0.15) is 52.7 Å². The number of nitrogens with zero attached hydrogens (tertiary/aromatic N) is 3. The second kappa shape index (κ2) is 14.8. The smallest absolute Gasteiger partial charge is 0.152 e. The fourth-order valence-corrected chi connectivity index (χ4v) is 8.34. The summed E-state index contributed by atoms with van der Waals surface area (Å²) in [5.41, 5.74) is 12.9. The molecule has 10 aromatic rings. The van der Waals surface area contributed by atoms with Crippen LogP contribution in [-0.4, -0.2) is 19.6 Å². The minimum absolute atomic E-state index is 0. The number of furan rings is 1. The number of aromatic hydroxyl groups is 1. The summed E-state index contributed by atoms with van der Waals surface area (Å²) in [7, 11) is 0. The van der Waals surface area contributed by atoms with Gasteiger partial charge in [-0.1, -0.05) is 150 Å². The van der Waals surface area contributed by atoms with Crippen LogP contribution >= 0.6 is 0 Å². The zero-order chi connectivity index (χ0) is 40.6. The summed E-state index contributed by atoms with van der Waals surface area (Å²) in [6.45, 7) is 13.4. The van der Waals surface area contributed by atoms with Crippen LogP contribution in [0.15, 0.2) is 156 Å². The number of rotatable bonds is 5. The van der Waals surface area contributed by atoms with E-state index in [-0.39, 0.29) is 37.6 Å². The van der Waals surface area contributed by atoms with E-state index < -0.39 is 0 Å². The van der Waals surface area contributed by atoms with Crippen molar-refractivity contribution >= 4 is 43.7 Å². The molecule has 0 spiro atoms. The first-order valence-corrected chi connectivity index (χ1v) is 20.2. The summed E-state index contributed by atoms with van der Waals surface area (Å²) < 4.78 is 8.53. The van der Waals surface area contributed by atoms with Gasteiger partial charge < -0.3 is 9.52 Å². The van der Waals surface area contributed by atoms with Gasteiger partial charge in [-0.2, -0.15) is 0 Å².